The van der Waals surface area contributed by atoms with Crippen molar-refractivity contribution in [3.8, 4) is 0 Å². The molecular weight excluding hydrogens is 272 g/mol. The maximum absolute atomic E-state index is 12.4. The average molecular weight is 289 g/mol. The summed E-state index contributed by atoms with van der Waals surface area (Å²) < 4.78 is 24.9. The highest BCUT2D eigenvalue weighted by molar-refractivity contribution is 5.62. The zero-order chi connectivity index (χ0) is 15.3. The quantitative estimate of drug-likeness (QED) is 0.612. The van der Waals surface area contributed by atoms with Gasteiger partial charge in [-0.3, -0.25) is 10.1 Å². The fourth-order valence-corrected chi connectivity index (χ4v) is 1.64. The van der Waals surface area contributed by atoms with Gasteiger partial charge in [-0.1, -0.05) is 6.92 Å². The molecule has 9 heteroatoms. The average Bonchev–Trinajstić information content (AvgIpc) is 2.34. The Labute approximate surface area is 115 Å². The summed E-state index contributed by atoms with van der Waals surface area (Å²) in [7, 11) is 1.34. The molecule has 1 rings (SSSR count). The van der Waals surface area contributed by atoms with E-state index in [9.17, 15) is 18.9 Å². The fraction of sp³-hybridized carbons (Fsp3) is 0.636. The van der Waals surface area contributed by atoms with Gasteiger partial charge in [0.15, 0.2) is 0 Å². The second kappa shape index (κ2) is 6.92. The first kappa shape index (κ1) is 16.0. The Hall–Kier alpha value is -2.06. The van der Waals surface area contributed by atoms with Crippen LogP contribution < -0.4 is 10.2 Å². The Morgan fingerprint density at radius 3 is 2.60 bits per heavy atom. The molecule has 0 bridgehead atoms. The maximum Gasteiger partial charge on any atom is 0.332 e. The highest BCUT2D eigenvalue weighted by Gasteiger charge is 2.26. The molecular formula is C11H17F2N5O2. The molecule has 20 heavy (non-hydrogen) atoms. The highest BCUT2D eigenvalue weighted by atomic mass is 19.3. The first-order valence-corrected chi connectivity index (χ1v) is 6.13. The molecule has 0 aliphatic carbocycles. The summed E-state index contributed by atoms with van der Waals surface area (Å²) in [6, 6.07) is 0. The molecule has 1 aromatic rings. The van der Waals surface area contributed by atoms with Crippen LogP contribution in [0.4, 0.5) is 26.2 Å². The fourth-order valence-electron chi connectivity index (χ4n) is 1.64. The molecule has 0 fully saturated rings. The first-order valence-electron chi connectivity index (χ1n) is 6.13. The van der Waals surface area contributed by atoms with E-state index in [0.717, 1.165) is 11.3 Å². The van der Waals surface area contributed by atoms with E-state index >= 15 is 0 Å². The molecule has 0 atom stereocenters. The second-order valence-electron chi connectivity index (χ2n) is 4.26. The van der Waals surface area contributed by atoms with E-state index < -0.39 is 17.9 Å². The number of aromatic nitrogens is 2. The molecule has 0 amide bonds. The van der Waals surface area contributed by atoms with E-state index in [1.54, 1.807) is 0 Å². The summed E-state index contributed by atoms with van der Waals surface area (Å²) in [5, 5.41) is 13.9. The lowest BCUT2D eigenvalue weighted by atomic mass is 10.3. The van der Waals surface area contributed by atoms with Gasteiger partial charge in [-0.05, 0) is 13.3 Å². The third kappa shape index (κ3) is 3.97. The number of halogens is 2. The van der Waals surface area contributed by atoms with E-state index in [1.165, 1.54) is 14.0 Å². The molecule has 0 saturated carbocycles. The SMILES string of the molecule is CCCNc1nc(C)c([N+](=O)[O-])c(N(C)CC(F)F)n1. The van der Waals surface area contributed by atoms with E-state index in [-0.39, 0.29) is 23.1 Å². The van der Waals surface area contributed by atoms with Gasteiger partial charge in [0.25, 0.3) is 6.43 Å². The molecule has 112 valence electrons. The van der Waals surface area contributed by atoms with Crippen molar-refractivity contribution in [2.75, 3.05) is 30.4 Å². The molecule has 7 nitrogen and oxygen atoms in total. The van der Waals surface area contributed by atoms with Crippen LogP contribution in [0.3, 0.4) is 0 Å². The van der Waals surface area contributed by atoms with Crippen molar-refractivity contribution in [2.24, 2.45) is 0 Å². The van der Waals surface area contributed by atoms with Crippen LogP contribution in [0.2, 0.25) is 0 Å². The monoisotopic (exact) mass is 289 g/mol. The van der Waals surface area contributed by atoms with Crippen molar-refractivity contribution in [3.63, 3.8) is 0 Å². The minimum atomic E-state index is -2.61. The molecule has 0 spiro atoms. The summed E-state index contributed by atoms with van der Waals surface area (Å²) in [6.07, 6.45) is -1.79. The molecule has 1 aromatic heterocycles. The normalized spacial score (nSPS) is 10.7. The minimum absolute atomic E-state index is 0.110. The van der Waals surface area contributed by atoms with E-state index in [1.807, 2.05) is 6.92 Å². The lowest BCUT2D eigenvalue weighted by molar-refractivity contribution is -0.385. The Bertz CT molecular complexity index is 484. The third-order valence-corrected chi connectivity index (χ3v) is 2.53. The lowest BCUT2D eigenvalue weighted by Crippen LogP contribution is -2.26. The zero-order valence-corrected chi connectivity index (χ0v) is 11.6. The smallest absolute Gasteiger partial charge is 0.332 e. The number of nitro groups is 1. The van der Waals surface area contributed by atoms with Gasteiger partial charge in [-0.2, -0.15) is 4.98 Å². The summed E-state index contributed by atoms with van der Waals surface area (Å²) >= 11 is 0. The van der Waals surface area contributed by atoms with Gasteiger partial charge in [0.2, 0.25) is 11.8 Å². The van der Waals surface area contributed by atoms with E-state index in [4.69, 9.17) is 0 Å². The van der Waals surface area contributed by atoms with Gasteiger partial charge < -0.3 is 10.2 Å². The Morgan fingerprint density at radius 2 is 2.10 bits per heavy atom. The summed E-state index contributed by atoms with van der Waals surface area (Å²) in [5.74, 6) is 0.0902. The highest BCUT2D eigenvalue weighted by Crippen LogP contribution is 2.29. The zero-order valence-electron chi connectivity index (χ0n) is 11.6. The topological polar surface area (TPSA) is 84.2 Å². The lowest BCUT2D eigenvalue weighted by Gasteiger charge is -2.18. The van der Waals surface area contributed by atoms with Gasteiger partial charge in [-0.15, -0.1) is 0 Å². The van der Waals surface area contributed by atoms with Crippen molar-refractivity contribution < 1.29 is 13.7 Å². The number of hydrogen-bond donors (Lipinski definition) is 1. The number of nitrogens with zero attached hydrogens (tertiary/aromatic N) is 4. The summed E-state index contributed by atoms with van der Waals surface area (Å²) in [4.78, 5) is 19.4. The Balaban J connectivity index is 3.21. The molecule has 1 N–H and O–H groups in total. The molecule has 1 heterocycles. The number of anilines is 2. The van der Waals surface area contributed by atoms with Crippen molar-refractivity contribution in [2.45, 2.75) is 26.7 Å². The van der Waals surface area contributed by atoms with E-state index in [2.05, 4.69) is 15.3 Å². The minimum Gasteiger partial charge on any atom is -0.354 e. The van der Waals surface area contributed by atoms with E-state index in [0.29, 0.717) is 6.54 Å². The van der Waals surface area contributed by atoms with Crippen LogP contribution >= 0.6 is 0 Å². The molecule has 0 unspecified atom stereocenters. The van der Waals surface area contributed by atoms with Crippen LogP contribution in [0.5, 0.6) is 0 Å². The predicted octanol–water partition coefficient (Wildman–Crippen LogP) is 2.22. The van der Waals surface area contributed by atoms with Crippen molar-refractivity contribution >= 4 is 17.5 Å². The van der Waals surface area contributed by atoms with Gasteiger partial charge >= 0.3 is 5.69 Å². The van der Waals surface area contributed by atoms with Crippen molar-refractivity contribution in [3.05, 3.63) is 15.8 Å². The molecule has 0 saturated heterocycles. The van der Waals surface area contributed by atoms with Crippen LogP contribution in [-0.4, -0.2) is 41.5 Å². The predicted molar refractivity (Wildman–Crippen MR) is 71.5 cm³/mol. The summed E-state index contributed by atoms with van der Waals surface area (Å²) in [5.41, 5.74) is -0.213. The number of aryl methyl sites for hydroxylation is 1. The summed E-state index contributed by atoms with van der Waals surface area (Å²) in [6.45, 7) is 3.35. The molecule has 0 aliphatic rings. The second-order valence-corrected chi connectivity index (χ2v) is 4.26. The Morgan fingerprint density at radius 1 is 1.45 bits per heavy atom. The van der Waals surface area contributed by atoms with Gasteiger partial charge in [-0.25, -0.2) is 13.8 Å². The molecule has 0 radical (unpaired) electrons. The number of hydrogen-bond acceptors (Lipinski definition) is 6. The molecule has 0 aromatic carbocycles. The van der Waals surface area contributed by atoms with Crippen LogP contribution in [0.25, 0.3) is 0 Å². The number of nitrogens with one attached hydrogen (secondary N) is 1. The van der Waals surface area contributed by atoms with Crippen LogP contribution in [0.1, 0.15) is 19.0 Å². The molecule has 0 aliphatic heterocycles. The number of rotatable bonds is 7. The van der Waals surface area contributed by atoms with Gasteiger partial charge in [0.05, 0.1) is 11.5 Å². The first-order chi connectivity index (χ1) is 9.36. The Kier molecular flexibility index (Phi) is 5.53. The van der Waals surface area contributed by atoms with Crippen LogP contribution in [0, 0.1) is 17.0 Å². The maximum atomic E-state index is 12.4. The van der Waals surface area contributed by atoms with Crippen molar-refractivity contribution in [1.82, 2.24) is 9.97 Å². The van der Waals surface area contributed by atoms with Crippen LogP contribution in [-0.2, 0) is 0 Å². The largest absolute Gasteiger partial charge is 0.354 e. The number of alkyl halides is 2. The van der Waals surface area contributed by atoms with Gasteiger partial charge in [0, 0.05) is 13.6 Å². The standard InChI is InChI=1S/C11H17F2N5O2/c1-4-5-14-11-15-7(2)9(18(19)20)10(16-11)17(3)6-8(12)13/h8H,4-6H2,1-3H3,(H,14,15,16). The van der Waals surface area contributed by atoms with Crippen molar-refractivity contribution in [1.29, 1.82) is 0 Å². The third-order valence-electron chi connectivity index (χ3n) is 2.53. The van der Waals surface area contributed by atoms with Gasteiger partial charge in [0.1, 0.15) is 5.69 Å². The van der Waals surface area contributed by atoms with Crippen LogP contribution in [0.15, 0.2) is 0 Å².